The Kier molecular flexibility index (Phi) is 20.0. The van der Waals surface area contributed by atoms with Crippen molar-refractivity contribution in [2.45, 2.75) is 70.1 Å². The van der Waals surface area contributed by atoms with Crippen molar-refractivity contribution in [3.05, 3.63) is 0 Å². The molecule has 0 aromatic heterocycles. The van der Waals surface area contributed by atoms with Crippen molar-refractivity contribution >= 4 is 53.3 Å². The zero-order chi connectivity index (χ0) is 36.1. The van der Waals surface area contributed by atoms with Gasteiger partial charge in [-0.2, -0.15) is 0 Å². The van der Waals surface area contributed by atoms with Gasteiger partial charge in [-0.05, 0) is 31.6 Å². The van der Waals surface area contributed by atoms with Crippen molar-refractivity contribution in [1.82, 2.24) is 31.9 Å². The van der Waals surface area contributed by atoms with E-state index in [0.717, 1.165) is 0 Å². The number of carbonyl (C=O) groups excluding carboxylic acids is 6. The number of carbonyl (C=O) groups is 8. The molecule has 0 rings (SSSR count). The minimum atomic E-state index is -1.49. The SMILES string of the molecule is CC(C)C[C@H](NC(=O)[C@H](CCCN=C(N)N)NC(=O)[C@H](CCC(=O)O)NC(=O)CNC(=O)CNC(=O)[C@H](CO)NC(=O)CN)C(=O)O. The van der Waals surface area contributed by atoms with Crippen LogP contribution in [0.5, 0.6) is 0 Å². The Balaban J connectivity index is 5.51. The lowest BCUT2D eigenvalue weighted by Gasteiger charge is -2.25. The van der Waals surface area contributed by atoms with E-state index in [-0.39, 0.29) is 37.7 Å². The maximum absolute atomic E-state index is 13.2. The van der Waals surface area contributed by atoms with E-state index in [4.69, 9.17) is 22.3 Å². The van der Waals surface area contributed by atoms with Crippen molar-refractivity contribution in [2.75, 3.05) is 32.8 Å². The van der Waals surface area contributed by atoms with Gasteiger partial charge in [-0.1, -0.05) is 13.8 Å². The fourth-order valence-electron chi connectivity index (χ4n) is 3.77. The lowest BCUT2D eigenvalue weighted by molar-refractivity contribution is -0.142. The Hall–Kier alpha value is -5.05. The molecule has 47 heavy (non-hydrogen) atoms. The summed E-state index contributed by atoms with van der Waals surface area (Å²) in [7, 11) is 0. The first-order valence-corrected chi connectivity index (χ1v) is 14.5. The Morgan fingerprint density at radius 1 is 0.702 bits per heavy atom. The molecule has 0 spiro atoms. The zero-order valence-corrected chi connectivity index (χ0v) is 26.2. The molecule has 266 valence electrons. The van der Waals surface area contributed by atoms with Gasteiger partial charge in [0.1, 0.15) is 24.2 Å². The second-order valence-electron chi connectivity index (χ2n) is 10.6. The Labute approximate surface area is 270 Å². The maximum Gasteiger partial charge on any atom is 0.326 e. The normalized spacial score (nSPS) is 13.1. The van der Waals surface area contributed by atoms with E-state index in [2.05, 4.69) is 36.9 Å². The largest absolute Gasteiger partial charge is 0.481 e. The highest BCUT2D eigenvalue weighted by Gasteiger charge is 2.30. The summed E-state index contributed by atoms with van der Waals surface area (Å²) < 4.78 is 0. The molecule has 0 heterocycles. The molecule has 0 aromatic rings. The van der Waals surface area contributed by atoms with Crippen molar-refractivity contribution in [3.8, 4) is 0 Å². The molecule has 0 saturated carbocycles. The van der Waals surface area contributed by atoms with E-state index in [1.807, 2.05) is 0 Å². The molecule has 0 aromatic carbocycles. The molecule has 21 nitrogen and oxygen atoms in total. The van der Waals surface area contributed by atoms with Gasteiger partial charge in [-0.15, -0.1) is 0 Å². The highest BCUT2D eigenvalue weighted by atomic mass is 16.4. The summed E-state index contributed by atoms with van der Waals surface area (Å²) in [5.74, 6) is -8.15. The predicted octanol–water partition coefficient (Wildman–Crippen LogP) is -5.84. The molecule has 0 radical (unpaired) electrons. The summed E-state index contributed by atoms with van der Waals surface area (Å²) >= 11 is 0. The number of aliphatic imine (C=N–C) groups is 1. The van der Waals surface area contributed by atoms with Gasteiger partial charge in [0.05, 0.1) is 26.2 Å². The van der Waals surface area contributed by atoms with Crippen LogP contribution in [0.4, 0.5) is 0 Å². The average Bonchev–Trinajstić information content (AvgIpc) is 2.99. The molecule has 21 heteroatoms. The van der Waals surface area contributed by atoms with E-state index in [1.165, 1.54) is 0 Å². The third kappa shape index (κ3) is 19.2. The molecule has 4 atom stereocenters. The lowest BCUT2D eigenvalue weighted by atomic mass is 10.0. The van der Waals surface area contributed by atoms with E-state index in [9.17, 15) is 48.6 Å². The molecule has 0 saturated heterocycles. The first kappa shape index (κ1) is 41.9. The van der Waals surface area contributed by atoms with Crippen LogP contribution < -0.4 is 49.1 Å². The number of rotatable bonds is 23. The fraction of sp³-hybridized carbons (Fsp3) is 0.654. The molecule has 0 aliphatic carbocycles. The second-order valence-corrected chi connectivity index (χ2v) is 10.6. The van der Waals surface area contributed by atoms with Crippen molar-refractivity contribution in [3.63, 3.8) is 0 Å². The number of guanidine groups is 1. The van der Waals surface area contributed by atoms with Crippen LogP contribution in [-0.2, 0) is 38.4 Å². The Morgan fingerprint density at radius 3 is 1.77 bits per heavy atom. The Bertz CT molecular complexity index is 1140. The summed E-state index contributed by atoms with van der Waals surface area (Å²) in [5.41, 5.74) is 15.7. The van der Waals surface area contributed by atoms with Crippen LogP contribution in [0.15, 0.2) is 4.99 Å². The highest BCUT2D eigenvalue weighted by molar-refractivity contribution is 5.95. The van der Waals surface area contributed by atoms with Gasteiger partial charge in [-0.3, -0.25) is 38.6 Å². The summed E-state index contributed by atoms with van der Waals surface area (Å²) in [6.07, 6.45) is -0.779. The van der Waals surface area contributed by atoms with E-state index in [1.54, 1.807) is 13.8 Å². The summed E-state index contributed by atoms with van der Waals surface area (Å²) in [5, 5.41) is 41.4. The van der Waals surface area contributed by atoms with Gasteiger partial charge in [0.15, 0.2) is 5.96 Å². The number of carboxylic acids is 2. The first-order chi connectivity index (χ1) is 22.0. The van der Waals surface area contributed by atoms with Crippen LogP contribution in [0.3, 0.4) is 0 Å². The molecule has 0 unspecified atom stereocenters. The molecule has 6 amide bonds. The summed E-state index contributed by atoms with van der Waals surface area (Å²) in [6, 6.07) is -5.46. The molecule has 0 fully saturated rings. The Morgan fingerprint density at radius 2 is 1.26 bits per heavy atom. The topological polar surface area (TPSA) is 360 Å². The standard InChI is InChI=1S/C26H46N10O11/c1-13(2)8-16(25(46)47)36-23(44)14(4-3-7-30-26(28)29)35-24(45)15(5-6-21(41)42)33-20(40)11-31-19(39)10-32-22(43)17(12-37)34-18(38)9-27/h13-17,37H,3-12,27H2,1-2H3,(H,31,39)(H,32,43)(H,33,40)(H,34,38)(H,35,45)(H,36,44)(H,41,42)(H,46,47)(H4,28,29,30)/t14-,15-,16-,17-/m0/s1. The monoisotopic (exact) mass is 674 g/mol. The molecule has 0 bridgehead atoms. The van der Waals surface area contributed by atoms with Crippen molar-refractivity contribution < 1.29 is 53.7 Å². The van der Waals surface area contributed by atoms with E-state index >= 15 is 0 Å². The maximum atomic E-state index is 13.2. The number of aliphatic carboxylic acids is 2. The minimum absolute atomic E-state index is 0.0587. The minimum Gasteiger partial charge on any atom is -0.481 e. The first-order valence-electron chi connectivity index (χ1n) is 14.5. The van der Waals surface area contributed by atoms with Crippen molar-refractivity contribution in [1.29, 1.82) is 0 Å². The van der Waals surface area contributed by atoms with Gasteiger partial charge in [0.25, 0.3) is 0 Å². The van der Waals surface area contributed by atoms with E-state index < -0.39 is 111 Å². The van der Waals surface area contributed by atoms with Crippen LogP contribution >= 0.6 is 0 Å². The van der Waals surface area contributed by atoms with Gasteiger partial charge in [0, 0.05) is 13.0 Å². The average molecular weight is 675 g/mol. The third-order valence-corrected chi connectivity index (χ3v) is 6.09. The molecule has 0 aliphatic rings. The molecule has 0 aliphatic heterocycles. The van der Waals surface area contributed by atoms with Gasteiger partial charge in [-0.25, -0.2) is 4.79 Å². The predicted molar refractivity (Wildman–Crippen MR) is 164 cm³/mol. The number of hydrogen-bond acceptors (Lipinski definition) is 11. The number of nitrogens with two attached hydrogens (primary N) is 3. The highest BCUT2D eigenvalue weighted by Crippen LogP contribution is 2.08. The van der Waals surface area contributed by atoms with Crippen LogP contribution in [0.1, 0.15) is 46.0 Å². The molecular formula is C26H46N10O11. The number of aliphatic hydroxyl groups is 1. The van der Waals surface area contributed by atoms with Crippen LogP contribution in [0, 0.1) is 5.92 Å². The number of amides is 6. The third-order valence-electron chi connectivity index (χ3n) is 6.09. The smallest absolute Gasteiger partial charge is 0.326 e. The number of hydrogen-bond donors (Lipinski definition) is 12. The van der Waals surface area contributed by atoms with Gasteiger partial charge < -0.3 is 64.4 Å². The number of aliphatic hydroxyl groups excluding tert-OH is 1. The second kappa shape index (κ2) is 22.5. The van der Waals surface area contributed by atoms with E-state index in [0.29, 0.717) is 0 Å². The van der Waals surface area contributed by atoms with Gasteiger partial charge in [0.2, 0.25) is 35.4 Å². The van der Waals surface area contributed by atoms with Crippen LogP contribution in [0.2, 0.25) is 0 Å². The number of nitrogens with one attached hydrogen (secondary N) is 6. The van der Waals surface area contributed by atoms with Crippen molar-refractivity contribution in [2.24, 2.45) is 28.1 Å². The van der Waals surface area contributed by atoms with Gasteiger partial charge >= 0.3 is 11.9 Å². The zero-order valence-electron chi connectivity index (χ0n) is 26.2. The summed E-state index contributed by atoms with van der Waals surface area (Å²) in [6.45, 7) is 0.982. The van der Waals surface area contributed by atoms with Crippen LogP contribution in [0.25, 0.3) is 0 Å². The molecular weight excluding hydrogens is 628 g/mol. The van der Waals surface area contributed by atoms with Crippen LogP contribution in [-0.4, -0.2) is 126 Å². The fourth-order valence-corrected chi connectivity index (χ4v) is 3.77. The lowest BCUT2D eigenvalue weighted by Crippen LogP contribution is -2.56. The quantitative estimate of drug-likeness (QED) is 0.0273. The molecule has 15 N–H and O–H groups in total. The number of nitrogens with zero attached hydrogens (tertiary/aromatic N) is 1. The number of carboxylic acid groups (broad SMARTS) is 2. The summed E-state index contributed by atoms with van der Waals surface area (Å²) in [4.78, 5) is 101.